The Labute approximate surface area is 314 Å². The summed E-state index contributed by atoms with van der Waals surface area (Å²) in [7, 11) is -1.95. The first-order valence-corrected chi connectivity index (χ1v) is 19.6. The van der Waals surface area contributed by atoms with Gasteiger partial charge in [0.1, 0.15) is 16.4 Å². The van der Waals surface area contributed by atoms with E-state index >= 15 is 4.79 Å². The van der Waals surface area contributed by atoms with Crippen LogP contribution < -0.4 is 23.8 Å². The van der Waals surface area contributed by atoms with E-state index in [1.165, 1.54) is 56.8 Å². The number of urea groups is 1. The number of methoxy groups -OCH3 is 2. The first kappa shape index (κ1) is 36.0. The normalized spacial score (nSPS) is 22.8. The number of anilines is 1. The highest BCUT2D eigenvalue weighted by molar-refractivity contribution is 7.93. The lowest BCUT2D eigenvalue weighted by atomic mass is 9.76. The van der Waals surface area contributed by atoms with Crippen molar-refractivity contribution < 1.29 is 37.0 Å². The zero-order valence-electron chi connectivity index (χ0n) is 30.5. The topological polar surface area (TPSA) is 167 Å². The van der Waals surface area contributed by atoms with Crippen molar-refractivity contribution in [2.24, 2.45) is 5.41 Å². The molecule has 15 nitrogen and oxygen atoms in total. The lowest BCUT2D eigenvalue weighted by molar-refractivity contribution is -0.201. The molecule has 2 aromatic carbocycles. The van der Waals surface area contributed by atoms with Crippen LogP contribution in [0.5, 0.6) is 17.4 Å². The number of fused-ring (bicyclic) bond motifs is 1. The first-order chi connectivity index (χ1) is 26.1. The molecule has 3 aromatic rings. The molecule has 0 bridgehead atoms. The van der Waals surface area contributed by atoms with Crippen molar-refractivity contribution in [3.8, 4) is 23.4 Å². The van der Waals surface area contributed by atoms with E-state index in [4.69, 9.17) is 18.9 Å². The lowest BCUT2D eigenvalue weighted by Crippen LogP contribution is -2.70. The summed E-state index contributed by atoms with van der Waals surface area (Å²) in [5, 5.41) is 12.9. The Hall–Kier alpha value is -4.95. The molecule has 0 radical (unpaired) electrons. The average molecular weight is 758 g/mol. The third kappa shape index (κ3) is 5.72. The Morgan fingerprint density at radius 1 is 1.02 bits per heavy atom. The van der Waals surface area contributed by atoms with Crippen LogP contribution in [0.4, 0.5) is 10.5 Å². The minimum absolute atomic E-state index is 0.0329. The van der Waals surface area contributed by atoms with Crippen molar-refractivity contribution in [1.29, 1.82) is 5.26 Å². The molecule has 5 aliphatic rings. The summed E-state index contributed by atoms with van der Waals surface area (Å²) in [5.41, 5.74) is -1.42. The second kappa shape index (κ2) is 13.7. The maximum atomic E-state index is 15.2. The van der Waals surface area contributed by atoms with Crippen molar-refractivity contribution in [2.75, 3.05) is 77.6 Å². The minimum Gasteiger partial charge on any atom is -0.497 e. The lowest BCUT2D eigenvalue weighted by Gasteiger charge is -2.59. The van der Waals surface area contributed by atoms with E-state index in [1.54, 1.807) is 24.0 Å². The summed E-state index contributed by atoms with van der Waals surface area (Å²) < 4.78 is 52.0. The van der Waals surface area contributed by atoms with E-state index < -0.39 is 27.5 Å². The largest absolute Gasteiger partial charge is 0.497 e. The summed E-state index contributed by atoms with van der Waals surface area (Å²) in [6.45, 7) is 8.65. The Morgan fingerprint density at radius 2 is 1.78 bits per heavy atom. The summed E-state index contributed by atoms with van der Waals surface area (Å²) in [6.07, 6.45) is 3.62. The van der Waals surface area contributed by atoms with E-state index in [0.29, 0.717) is 34.6 Å². The van der Waals surface area contributed by atoms with Gasteiger partial charge >= 0.3 is 6.03 Å². The molecule has 284 valence electrons. The van der Waals surface area contributed by atoms with Crippen molar-refractivity contribution in [3.05, 3.63) is 71.4 Å². The third-order valence-electron chi connectivity index (χ3n) is 11.5. The zero-order valence-corrected chi connectivity index (χ0v) is 31.3. The Balaban J connectivity index is 1.10. The molecule has 8 rings (SSSR count). The second-order valence-electron chi connectivity index (χ2n) is 14.6. The molecule has 0 unspecified atom stereocenters. The molecule has 5 aliphatic heterocycles. The number of likely N-dealkylation sites (tertiary alicyclic amines) is 3. The molecule has 3 amide bonds. The number of pyridine rings is 1. The molecule has 4 saturated heterocycles. The minimum atomic E-state index is -4.70. The van der Waals surface area contributed by atoms with E-state index in [-0.39, 0.29) is 51.6 Å². The number of benzene rings is 2. The Bertz CT molecular complexity index is 2120. The number of sulfonamides is 1. The number of nitrogens with zero attached hydrogens (tertiary/aromatic N) is 6. The van der Waals surface area contributed by atoms with Gasteiger partial charge in [0.2, 0.25) is 5.88 Å². The molecule has 54 heavy (non-hydrogen) atoms. The number of nitriles is 1. The molecule has 1 atom stereocenters. The van der Waals surface area contributed by atoms with Gasteiger partial charge in [-0.1, -0.05) is 0 Å². The number of aromatic nitrogens is 1. The summed E-state index contributed by atoms with van der Waals surface area (Å²) in [5.74, 6) is -0.659. The molecule has 6 heterocycles. The van der Waals surface area contributed by atoms with E-state index in [9.17, 15) is 18.5 Å². The van der Waals surface area contributed by atoms with Gasteiger partial charge in [-0.3, -0.25) is 14.6 Å². The molecule has 4 fully saturated rings. The maximum Gasteiger partial charge on any atom is 0.318 e. The van der Waals surface area contributed by atoms with Gasteiger partial charge in [-0.2, -0.15) is 9.57 Å². The van der Waals surface area contributed by atoms with Crippen LogP contribution in [0.2, 0.25) is 0 Å². The number of nitrogens with one attached hydrogen (secondary N) is 1. The van der Waals surface area contributed by atoms with Gasteiger partial charge in [-0.15, -0.1) is 0 Å². The fourth-order valence-electron chi connectivity index (χ4n) is 8.52. The van der Waals surface area contributed by atoms with Gasteiger partial charge in [-0.25, -0.2) is 18.2 Å². The smallest absolute Gasteiger partial charge is 0.318 e. The van der Waals surface area contributed by atoms with E-state index in [0.717, 1.165) is 52.2 Å². The number of rotatable bonds is 10. The molecule has 1 aromatic heterocycles. The number of carbonyl (C=O) groups is 2. The number of hydrogen-bond donors (Lipinski definition) is 1. The number of amides is 3. The van der Waals surface area contributed by atoms with E-state index in [1.807, 2.05) is 0 Å². The summed E-state index contributed by atoms with van der Waals surface area (Å²) in [4.78, 5) is 40.3. The zero-order chi connectivity index (χ0) is 37.8. The van der Waals surface area contributed by atoms with Crippen LogP contribution in [0.25, 0.3) is 0 Å². The van der Waals surface area contributed by atoms with Crippen LogP contribution in [0.3, 0.4) is 0 Å². The van der Waals surface area contributed by atoms with Crippen LogP contribution in [0.1, 0.15) is 36.5 Å². The maximum absolute atomic E-state index is 15.2. The predicted octanol–water partition coefficient (Wildman–Crippen LogP) is 2.54. The van der Waals surface area contributed by atoms with Gasteiger partial charge in [0, 0.05) is 74.6 Å². The second-order valence-corrected chi connectivity index (χ2v) is 16.4. The molecule has 1 spiro atoms. The van der Waals surface area contributed by atoms with Crippen molar-refractivity contribution in [1.82, 2.24) is 25.0 Å². The van der Waals surface area contributed by atoms with E-state index in [2.05, 4.69) is 26.2 Å². The first-order valence-electron chi connectivity index (χ1n) is 18.1. The van der Waals surface area contributed by atoms with Crippen molar-refractivity contribution in [3.63, 3.8) is 0 Å². The molecule has 1 N–H and O–H groups in total. The quantitative estimate of drug-likeness (QED) is 0.322. The van der Waals surface area contributed by atoms with Crippen molar-refractivity contribution >= 4 is 27.6 Å². The molecular formula is C38H43N7O8S. The molecule has 16 heteroatoms. The Morgan fingerprint density at radius 3 is 2.43 bits per heavy atom. The fraction of sp³-hybridized carbons (Fsp3) is 0.474. The van der Waals surface area contributed by atoms with Gasteiger partial charge < -0.3 is 29.2 Å². The van der Waals surface area contributed by atoms with Gasteiger partial charge in [0.25, 0.3) is 15.9 Å². The SMILES string of the molecule is CCOc1ncccc1[C@]1(NC(=O)N2CC(N3CCC(N4CC5(COC5)C4)CC3)C2)C(=O)N(S(=O)(=O)c2ccc(OC)cc2OC)c2ccc(C#N)cc21. The van der Waals surface area contributed by atoms with Crippen LogP contribution in [0.15, 0.2) is 59.6 Å². The molecule has 0 aliphatic carbocycles. The average Bonchev–Trinajstić information content (AvgIpc) is 3.37. The predicted molar refractivity (Wildman–Crippen MR) is 195 cm³/mol. The third-order valence-corrected chi connectivity index (χ3v) is 13.2. The molecular weight excluding hydrogens is 715 g/mol. The van der Waals surface area contributed by atoms with Gasteiger partial charge in [0.15, 0.2) is 5.54 Å². The fourth-order valence-corrected chi connectivity index (χ4v) is 10.1. The summed E-state index contributed by atoms with van der Waals surface area (Å²) >= 11 is 0. The summed E-state index contributed by atoms with van der Waals surface area (Å²) in [6, 6.07) is 13.8. The van der Waals surface area contributed by atoms with Crippen LogP contribution in [0, 0.1) is 16.7 Å². The number of carbonyl (C=O) groups excluding carboxylic acids is 2. The highest BCUT2D eigenvalue weighted by Crippen LogP contribution is 2.50. The highest BCUT2D eigenvalue weighted by Gasteiger charge is 2.60. The standard InChI is InChI=1S/C38H43N7O8S/c1-4-53-34-29(6-5-13-40-34)38(41-36(47)43-19-27(20-43)42-14-11-26(12-15-42)44-21-37(22-44)23-52-24-37)30-16-25(18-39)7-9-31(30)45(35(38)46)54(48,49)33-10-8-28(50-2)17-32(33)51-3/h5-10,13,16-17,26-27H,4,11-12,14-15,19-24H2,1-3H3,(H,41,47)/t38-/m1/s1. The van der Waals surface area contributed by atoms with Gasteiger partial charge in [-0.05, 0) is 62.2 Å². The number of hydrogen-bond acceptors (Lipinski definition) is 12. The van der Waals surface area contributed by atoms with Gasteiger partial charge in [0.05, 0.1) is 56.9 Å². The van der Waals surface area contributed by atoms with Crippen LogP contribution >= 0.6 is 0 Å². The van der Waals surface area contributed by atoms with Crippen molar-refractivity contribution in [2.45, 2.75) is 42.3 Å². The highest BCUT2D eigenvalue weighted by atomic mass is 32.2. The molecule has 0 saturated carbocycles. The van der Waals surface area contributed by atoms with Crippen LogP contribution in [-0.2, 0) is 25.1 Å². The number of ether oxygens (including phenoxy) is 4. The monoisotopic (exact) mass is 757 g/mol. The van der Waals surface area contributed by atoms with Crippen LogP contribution in [-0.4, -0.2) is 125 Å². The Kier molecular flexibility index (Phi) is 9.16. The number of piperidine rings is 1.